The van der Waals surface area contributed by atoms with Crippen LogP contribution in [-0.2, 0) is 16.7 Å². The number of sulfonamides is 1. The number of fused-ring (bicyclic) bond motifs is 1. The third-order valence-corrected chi connectivity index (χ3v) is 7.43. The molecule has 1 aliphatic rings. The van der Waals surface area contributed by atoms with Gasteiger partial charge in [0.1, 0.15) is 0 Å². The zero-order valence-corrected chi connectivity index (χ0v) is 18.3. The van der Waals surface area contributed by atoms with Gasteiger partial charge in [-0.1, -0.05) is 12.1 Å². The zero-order valence-electron chi connectivity index (χ0n) is 16.6. The number of benzene rings is 2. The Kier molecular flexibility index (Phi) is 5.79. The molecule has 1 aromatic heterocycles. The molecule has 0 saturated carbocycles. The third-order valence-electron chi connectivity index (χ3n) is 5.23. The summed E-state index contributed by atoms with van der Waals surface area (Å²) in [5, 5.41) is 11.2. The van der Waals surface area contributed by atoms with Crippen LogP contribution in [0, 0.1) is 15.0 Å². The van der Waals surface area contributed by atoms with Crippen LogP contribution in [0.1, 0.15) is 0 Å². The quantitative estimate of drug-likeness (QED) is 0.311. The molecule has 0 unspecified atom stereocenters. The Bertz CT molecular complexity index is 1290. The summed E-state index contributed by atoms with van der Waals surface area (Å²) >= 11 is 5.32. The van der Waals surface area contributed by atoms with Crippen molar-refractivity contribution < 1.29 is 22.5 Å². The molecule has 0 aliphatic carbocycles. The van der Waals surface area contributed by atoms with Crippen LogP contribution in [0.15, 0.2) is 51.8 Å². The van der Waals surface area contributed by atoms with Crippen molar-refractivity contribution in [1.82, 2.24) is 13.8 Å². The van der Waals surface area contributed by atoms with E-state index in [2.05, 4.69) is 4.90 Å². The van der Waals surface area contributed by atoms with Crippen LogP contribution in [-0.4, -0.2) is 60.4 Å². The molecule has 0 spiro atoms. The highest BCUT2D eigenvalue weighted by Gasteiger charge is 2.31. The number of para-hydroxylation sites is 2. The third kappa shape index (κ3) is 4.06. The minimum atomic E-state index is -3.87. The first-order valence-electron chi connectivity index (χ1n) is 9.44. The van der Waals surface area contributed by atoms with Crippen molar-refractivity contribution in [3.8, 4) is 5.75 Å². The Labute approximate surface area is 183 Å². The summed E-state index contributed by atoms with van der Waals surface area (Å²) in [5.41, 5.74) is 1.20. The summed E-state index contributed by atoms with van der Waals surface area (Å²) in [6.07, 6.45) is 0. The maximum absolute atomic E-state index is 13.0. The summed E-state index contributed by atoms with van der Waals surface area (Å²) in [6, 6.07) is 11.2. The van der Waals surface area contributed by atoms with Crippen LogP contribution in [0.5, 0.6) is 5.75 Å². The Morgan fingerprint density at radius 2 is 1.87 bits per heavy atom. The van der Waals surface area contributed by atoms with Crippen LogP contribution in [0.4, 0.5) is 5.69 Å². The summed E-state index contributed by atoms with van der Waals surface area (Å²) in [7, 11) is -2.57. The lowest BCUT2D eigenvalue weighted by atomic mass is 10.3. The van der Waals surface area contributed by atoms with E-state index in [9.17, 15) is 18.5 Å². The normalized spacial score (nSPS) is 15.9. The topological polar surface area (TPSA) is 111 Å². The van der Waals surface area contributed by atoms with Crippen molar-refractivity contribution in [3.63, 3.8) is 0 Å². The first-order valence-corrected chi connectivity index (χ1v) is 11.3. The highest BCUT2D eigenvalue weighted by atomic mass is 32.2. The molecule has 1 saturated heterocycles. The second-order valence-corrected chi connectivity index (χ2v) is 9.31. The molecule has 0 N–H and O–H groups in total. The minimum Gasteiger partial charge on any atom is -0.490 e. The van der Waals surface area contributed by atoms with E-state index in [4.69, 9.17) is 21.4 Å². The maximum atomic E-state index is 13.0. The van der Waals surface area contributed by atoms with Gasteiger partial charge in [0.2, 0.25) is 10.0 Å². The molecule has 164 valence electrons. The molecule has 2 heterocycles. The molecule has 1 fully saturated rings. The number of piperazine rings is 1. The van der Waals surface area contributed by atoms with Crippen molar-refractivity contribution in [2.24, 2.45) is 0 Å². The van der Waals surface area contributed by atoms with E-state index in [1.807, 2.05) is 28.8 Å². The lowest BCUT2D eigenvalue weighted by Gasteiger charge is -2.34. The van der Waals surface area contributed by atoms with Gasteiger partial charge in [-0.25, -0.2) is 8.42 Å². The first kappa shape index (κ1) is 21.4. The molecule has 10 nitrogen and oxygen atoms in total. The van der Waals surface area contributed by atoms with Gasteiger partial charge in [0, 0.05) is 32.2 Å². The summed E-state index contributed by atoms with van der Waals surface area (Å²) < 4.78 is 39.8. The Morgan fingerprint density at radius 1 is 1.16 bits per heavy atom. The SMILES string of the molecule is COc1ccc(S(=O)(=O)N2CCN(Cn3c(=S)oc4ccccc43)CC2)cc1[N+](=O)[O-]. The van der Waals surface area contributed by atoms with Gasteiger partial charge in [0.05, 0.1) is 29.1 Å². The van der Waals surface area contributed by atoms with E-state index in [0.717, 1.165) is 11.6 Å². The number of oxazole rings is 1. The van der Waals surface area contributed by atoms with E-state index in [0.29, 0.717) is 30.2 Å². The van der Waals surface area contributed by atoms with E-state index in [1.165, 1.54) is 23.5 Å². The van der Waals surface area contributed by atoms with Crippen LogP contribution in [0.3, 0.4) is 0 Å². The molecule has 31 heavy (non-hydrogen) atoms. The van der Waals surface area contributed by atoms with Crippen molar-refractivity contribution in [3.05, 3.63) is 57.4 Å². The minimum absolute atomic E-state index is 0.0119. The molecule has 1 aliphatic heterocycles. The smallest absolute Gasteiger partial charge is 0.312 e. The Morgan fingerprint density at radius 3 is 2.55 bits per heavy atom. The number of hydrogen-bond donors (Lipinski definition) is 0. The zero-order chi connectivity index (χ0) is 22.2. The Balaban J connectivity index is 1.49. The van der Waals surface area contributed by atoms with Crippen molar-refractivity contribution in [2.75, 3.05) is 33.3 Å². The van der Waals surface area contributed by atoms with E-state index < -0.39 is 14.9 Å². The van der Waals surface area contributed by atoms with Gasteiger partial charge in [0.15, 0.2) is 11.3 Å². The molecular formula is C19H20N4O6S2. The van der Waals surface area contributed by atoms with Crippen LogP contribution < -0.4 is 4.74 Å². The van der Waals surface area contributed by atoms with Crippen molar-refractivity contribution in [1.29, 1.82) is 0 Å². The second kappa shape index (κ2) is 8.38. The monoisotopic (exact) mass is 464 g/mol. The summed E-state index contributed by atoms with van der Waals surface area (Å²) in [6.45, 7) is 1.96. The van der Waals surface area contributed by atoms with E-state index in [1.54, 1.807) is 0 Å². The van der Waals surface area contributed by atoms with Gasteiger partial charge in [-0.05, 0) is 36.5 Å². The number of nitro benzene ring substituents is 1. The molecule has 0 bridgehead atoms. The predicted octanol–water partition coefficient (Wildman–Crippen LogP) is 2.84. The second-order valence-electron chi connectivity index (χ2n) is 7.02. The number of ether oxygens (including phenoxy) is 1. The van der Waals surface area contributed by atoms with E-state index >= 15 is 0 Å². The van der Waals surface area contributed by atoms with Gasteiger partial charge < -0.3 is 9.15 Å². The van der Waals surface area contributed by atoms with Crippen LogP contribution in [0.25, 0.3) is 11.1 Å². The molecular weight excluding hydrogens is 444 g/mol. The fraction of sp³-hybridized carbons (Fsp3) is 0.316. The highest BCUT2D eigenvalue weighted by molar-refractivity contribution is 7.89. The van der Waals surface area contributed by atoms with Gasteiger partial charge in [0.25, 0.3) is 4.84 Å². The number of methoxy groups -OCH3 is 1. The van der Waals surface area contributed by atoms with Gasteiger partial charge >= 0.3 is 5.69 Å². The van der Waals surface area contributed by atoms with Gasteiger partial charge in [-0.3, -0.25) is 19.6 Å². The van der Waals surface area contributed by atoms with E-state index in [-0.39, 0.29) is 29.4 Å². The number of nitrogens with zero attached hydrogens (tertiary/aromatic N) is 4. The Hall–Kier alpha value is -2.80. The average molecular weight is 465 g/mol. The molecule has 3 aromatic rings. The molecule has 0 atom stereocenters. The van der Waals surface area contributed by atoms with Crippen molar-refractivity contribution >= 4 is 39.0 Å². The summed E-state index contributed by atoms with van der Waals surface area (Å²) in [4.78, 5) is 12.9. The predicted molar refractivity (Wildman–Crippen MR) is 115 cm³/mol. The van der Waals surface area contributed by atoms with Crippen molar-refractivity contribution in [2.45, 2.75) is 11.6 Å². The highest BCUT2D eigenvalue weighted by Crippen LogP contribution is 2.31. The number of aromatic nitrogens is 1. The fourth-order valence-electron chi connectivity index (χ4n) is 3.58. The van der Waals surface area contributed by atoms with Crippen LogP contribution >= 0.6 is 12.2 Å². The maximum Gasteiger partial charge on any atom is 0.312 e. The lowest BCUT2D eigenvalue weighted by Crippen LogP contribution is -2.48. The molecule has 12 heteroatoms. The molecule has 4 rings (SSSR count). The average Bonchev–Trinajstić information content (AvgIpc) is 3.08. The lowest BCUT2D eigenvalue weighted by molar-refractivity contribution is -0.386. The molecule has 0 radical (unpaired) electrons. The fourth-order valence-corrected chi connectivity index (χ4v) is 5.27. The number of rotatable bonds is 6. The van der Waals surface area contributed by atoms with Gasteiger partial charge in [-0.15, -0.1) is 0 Å². The van der Waals surface area contributed by atoms with Crippen LogP contribution in [0.2, 0.25) is 0 Å². The molecule has 0 amide bonds. The first-order chi connectivity index (χ1) is 14.8. The number of hydrogen-bond acceptors (Lipinski definition) is 8. The van der Waals surface area contributed by atoms with Gasteiger partial charge in [-0.2, -0.15) is 4.31 Å². The summed E-state index contributed by atoms with van der Waals surface area (Å²) in [5.74, 6) is 0.0119. The molecule has 2 aromatic carbocycles. The largest absolute Gasteiger partial charge is 0.490 e. The number of nitro groups is 1. The standard InChI is InChI=1S/C19H20N4O6S2/c1-28-17-7-6-14(12-16(17)23(24)25)31(26,27)21-10-8-20(9-11-21)13-22-15-4-2-3-5-18(15)29-19(22)30/h2-7,12H,8-11,13H2,1H3.